The molecule has 0 saturated carbocycles. The third-order valence-corrected chi connectivity index (χ3v) is 4.70. The van der Waals surface area contributed by atoms with E-state index in [1.54, 1.807) is 6.08 Å². The van der Waals surface area contributed by atoms with Gasteiger partial charge in [0.2, 0.25) is 5.91 Å². The molecule has 1 atom stereocenters. The molecule has 0 heterocycles. The normalized spacial score (nSPS) is 12.4. The largest absolute Gasteiger partial charge is 0.378 e. The van der Waals surface area contributed by atoms with E-state index in [2.05, 4.69) is 46.3 Å². The highest BCUT2D eigenvalue weighted by Gasteiger charge is 2.14. The molecule has 4 nitrogen and oxygen atoms in total. The molecule has 144 valence electrons. The maximum atomic E-state index is 12.2. The second-order valence-corrected chi connectivity index (χ2v) is 7.14. The number of hydrogen-bond acceptors (Lipinski definition) is 3. The van der Waals surface area contributed by atoms with Crippen molar-refractivity contribution in [3.8, 4) is 0 Å². The van der Waals surface area contributed by atoms with Gasteiger partial charge in [-0.15, -0.1) is 0 Å². The summed E-state index contributed by atoms with van der Waals surface area (Å²) in [6.45, 7) is 2.72. The lowest BCUT2D eigenvalue weighted by molar-refractivity contribution is -0.116. The average Bonchev–Trinajstić information content (AvgIpc) is 2.67. The SMILES string of the molecule is CCc1ccc([C@@H](CNC(=O)/C=C\c2ccc(N(C)C)cc2)N(C)C)cc1. The highest BCUT2D eigenvalue weighted by atomic mass is 16.1. The van der Waals surface area contributed by atoms with Crippen LogP contribution in [0, 0.1) is 0 Å². The number of likely N-dealkylation sites (N-methyl/N-ethyl adjacent to an activating group) is 1. The van der Waals surface area contributed by atoms with Gasteiger partial charge in [0.05, 0.1) is 6.04 Å². The van der Waals surface area contributed by atoms with Gasteiger partial charge in [-0.1, -0.05) is 43.3 Å². The number of nitrogens with zero attached hydrogens (tertiary/aromatic N) is 2. The van der Waals surface area contributed by atoms with Gasteiger partial charge in [-0.25, -0.2) is 0 Å². The fourth-order valence-electron chi connectivity index (χ4n) is 2.89. The Morgan fingerprint density at radius 3 is 2.15 bits per heavy atom. The van der Waals surface area contributed by atoms with Gasteiger partial charge in [0.1, 0.15) is 0 Å². The summed E-state index contributed by atoms with van der Waals surface area (Å²) in [5.74, 6) is -0.0799. The summed E-state index contributed by atoms with van der Waals surface area (Å²) in [4.78, 5) is 16.4. The minimum absolute atomic E-state index is 0.0799. The highest BCUT2D eigenvalue weighted by Crippen LogP contribution is 2.18. The van der Waals surface area contributed by atoms with Crippen molar-refractivity contribution < 1.29 is 4.79 Å². The second-order valence-electron chi connectivity index (χ2n) is 7.14. The number of amides is 1. The van der Waals surface area contributed by atoms with Crippen molar-refractivity contribution in [1.29, 1.82) is 0 Å². The van der Waals surface area contributed by atoms with Crippen LogP contribution in [0.4, 0.5) is 5.69 Å². The lowest BCUT2D eigenvalue weighted by Gasteiger charge is -2.25. The number of aryl methyl sites for hydroxylation is 1. The van der Waals surface area contributed by atoms with E-state index in [1.807, 2.05) is 58.5 Å². The predicted molar refractivity (Wildman–Crippen MR) is 115 cm³/mol. The van der Waals surface area contributed by atoms with E-state index >= 15 is 0 Å². The van der Waals surface area contributed by atoms with Gasteiger partial charge in [0, 0.05) is 32.4 Å². The van der Waals surface area contributed by atoms with Crippen molar-refractivity contribution >= 4 is 17.7 Å². The number of carbonyl (C=O) groups excluding carboxylic acids is 1. The van der Waals surface area contributed by atoms with Gasteiger partial charge in [-0.2, -0.15) is 0 Å². The van der Waals surface area contributed by atoms with Crippen LogP contribution < -0.4 is 10.2 Å². The lowest BCUT2D eigenvalue weighted by Crippen LogP contribution is -2.33. The lowest BCUT2D eigenvalue weighted by atomic mass is 10.0. The molecule has 0 aliphatic rings. The Kier molecular flexibility index (Phi) is 7.62. The molecule has 0 fully saturated rings. The first kappa shape index (κ1) is 20.7. The second kappa shape index (κ2) is 9.93. The van der Waals surface area contributed by atoms with Crippen LogP contribution in [-0.2, 0) is 11.2 Å². The van der Waals surface area contributed by atoms with E-state index in [-0.39, 0.29) is 11.9 Å². The molecule has 1 N–H and O–H groups in total. The monoisotopic (exact) mass is 365 g/mol. The van der Waals surface area contributed by atoms with Crippen LogP contribution in [0.2, 0.25) is 0 Å². The topological polar surface area (TPSA) is 35.6 Å². The average molecular weight is 366 g/mol. The minimum Gasteiger partial charge on any atom is -0.378 e. The Labute approximate surface area is 163 Å². The quantitative estimate of drug-likeness (QED) is 0.724. The fraction of sp³-hybridized carbons (Fsp3) is 0.348. The molecule has 0 aliphatic heterocycles. The van der Waals surface area contributed by atoms with E-state index in [9.17, 15) is 4.79 Å². The molecule has 0 spiro atoms. The molecule has 0 saturated heterocycles. The Morgan fingerprint density at radius 2 is 1.63 bits per heavy atom. The molecular weight excluding hydrogens is 334 g/mol. The molecule has 0 aliphatic carbocycles. The molecule has 2 aromatic carbocycles. The van der Waals surface area contributed by atoms with Crippen LogP contribution in [0.25, 0.3) is 6.08 Å². The summed E-state index contributed by atoms with van der Waals surface area (Å²) < 4.78 is 0. The van der Waals surface area contributed by atoms with Crippen LogP contribution in [0.15, 0.2) is 54.6 Å². The Morgan fingerprint density at radius 1 is 1.00 bits per heavy atom. The van der Waals surface area contributed by atoms with Crippen molar-refractivity contribution in [2.45, 2.75) is 19.4 Å². The van der Waals surface area contributed by atoms with Gasteiger partial charge in [0.25, 0.3) is 0 Å². The van der Waals surface area contributed by atoms with Crippen molar-refractivity contribution in [3.05, 3.63) is 71.3 Å². The van der Waals surface area contributed by atoms with Crippen LogP contribution >= 0.6 is 0 Å². The summed E-state index contributed by atoms with van der Waals surface area (Å²) in [6.07, 6.45) is 4.47. The van der Waals surface area contributed by atoms with Crippen molar-refractivity contribution in [3.63, 3.8) is 0 Å². The summed E-state index contributed by atoms with van der Waals surface area (Å²) in [5, 5.41) is 3.02. The number of benzene rings is 2. The van der Waals surface area contributed by atoms with E-state index in [4.69, 9.17) is 0 Å². The van der Waals surface area contributed by atoms with Crippen LogP contribution in [0.3, 0.4) is 0 Å². The van der Waals surface area contributed by atoms with Gasteiger partial charge in [-0.3, -0.25) is 4.79 Å². The van der Waals surface area contributed by atoms with E-state index in [1.165, 1.54) is 11.1 Å². The maximum absolute atomic E-state index is 12.2. The first-order valence-corrected chi connectivity index (χ1v) is 9.39. The number of anilines is 1. The van der Waals surface area contributed by atoms with Crippen molar-refractivity contribution in [1.82, 2.24) is 10.2 Å². The zero-order valence-electron chi connectivity index (χ0n) is 17.1. The van der Waals surface area contributed by atoms with E-state index < -0.39 is 0 Å². The molecule has 2 aromatic rings. The van der Waals surface area contributed by atoms with Gasteiger partial charge < -0.3 is 15.1 Å². The Bertz CT molecular complexity index is 746. The molecule has 0 unspecified atom stereocenters. The molecule has 27 heavy (non-hydrogen) atoms. The smallest absolute Gasteiger partial charge is 0.244 e. The fourth-order valence-corrected chi connectivity index (χ4v) is 2.89. The van der Waals surface area contributed by atoms with Crippen molar-refractivity contribution in [2.75, 3.05) is 39.6 Å². The van der Waals surface area contributed by atoms with Crippen molar-refractivity contribution in [2.24, 2.45) is 0 Å². The minimum atomic E-state index is -0.0799. The summed E-state index contributed by atoms with van der Waals surface area (Å²) >= 11 is 0. The van der Waals surface area contributed by atoms with Gasteiger partial charge in [0.15, 0.2) is 0 Å². The number of rotatable bonds is 8. The summed E-state index contributed by atoms with van der Waals surface area (Å²) in [6, 6.07) is 16.9. The summed E-state index contributed by atoms with van der Waals surface area (Å²) in [7, 11) is 8.09. The molecule has 0 aromatic heterocycles. The summed E-state index contributed by atoms with van der Waals surface area (Å²) in [5.41, 5.74) is 4.68. The molecule has 4 heteroatoms. The van der Waals surface area contributed by atoms with Gasteiger partial charge in [-0.05, 0) is 55.4 Å². The molecular formula is C23H31N3O. The van der Waals surface area contributed by atoms with Crippen LogP contribution in [0.1, 0.15) is 29.7 Å². The first-order valence-electron chi connectivity index (χ1n) is 9.39. The predicted octanol–water partition coefficient (Wildman–Crippen LogP) is 3.75. The Balaban J connectivity index is 1.94. The first-order chi connectivity index (χ1) is 12.9. The van der Waals surface area contributed by atoms with Crippen LogP contribution in [-0.4, -0.2) is 45.5 Å². The third kappa shape index (κ3) is 6.26. The molecule has 0 radical (unpaired) electrons. The van der Waals surface area contributed by atoms with Crippen LogP contribution in [0.5, 0.6) is 0 Å². The number of carbonyl (C=O) groups is 1. The number of nitrogens with one attached hydrogen (secondary N) is 1. The van der Waals surface area contributed by atoms with Gasteiger partial charge >= 0.3 is 0 Å². The molecule has 1 amide bonds. The van der Waals surface area contributed by atoms with E-state index in [0.717, 1.165) is 17.7 Å². The standard InChI is InChI=1S/C23H31N3O/c1-6-18-7-12-20(13-8-18)22(26(4)5)17-24-23(27)16-11-19-9-14-21(15-10-19)25(2)3/h7-16,22H,6,17H2,1-5H3,(H,24,27)/b16-11-/t22-/m1/s1. The highest BCUT2D eigenvalue weighted by molar-refractivity contribution is 5.91. The number of hydrogen-bond donors (Lipinski definition) is 1. The Hall–Kier alpha value is -2.59. The molecule has 0 bridgehead atoms. The zero-order chi connectivity index (χ0) is 19.8. The van der Waals surface area contributed by atoms with E-state index in [0.29, 0.717) is 6.54 Å². The third-order valence-electron chi connectivity index (χ3n) is 4.70. The maximum Gasteiger partial charge on any atom is 0.244 e. The molecule has 2 rings (SSSR count). The zero-order valence-corrected chi connectivity index (χ0v) is 17.1.